The molecular formula is C24H16F3N3O2. The number of nitrogens with one attached hydrogen (secondary N) is 1. The quantitative estimate of drug-likeness (QED) is 0.395. The third-order valence-corrected chi connectivity index (χ3v) is 5.28. The number of aromatic nitrogens is 3. The number of halogens is 3. The Balaban J connectivity index is 1.53. The van der Waals surface area contributed by atoms with Crippen molar-refractivity contribution in [2.75, 3.05) is 0 Å². The molecule has 1 N–H and O–H groups in total. The third-order valence-electron chi connectivity index (χ3n) is 5.28. The molecule has 160 valence electrons. The molecule has 0 spiro atoms. The number of pyridine rings is 2. The van der Waals surface area contributed by atoms with Gasteiger partial charge in [-0.25, -0.2) is 4.98 Å². The molecule has 2 aromatic carbocycles. The fourth-order valence-corrected chi connectivity index (χ4v) is 3.72. The van der Waals surface area contributed by atoms with Gasteiger partial charge in [-0.05, 0) is 54.4 Å². The van der Waals surface area contributed by atoms with Crippen molar-refractivity contribution in [1.29, 1.82) is 0 Å². The summed E-state index contributed by atoms with van der Waals surface area (Å²) in [4.78, 5) is 20.7. The SMILES string of the molecule is Cc1c(-c2cn3cc(-c4ccc(OC(F)(F)F)cc4)ccc3n2)[nH]c2ccccc2c1=O. The molecule has 0 saturated carbocycles. The van der Waals surface area contributed by atoms with Gasteiger partial charge >= 0.3 is 6.36 Å². The van der Waals surface area contributed by atoms with Crippen molar-refractivity contribution in [1.82, 2.24) is 14.4 Å². The minimum atomic E-state index is -4.73. The van der Waals surface area contributed by atoms with E-state index in [0.29, 0.717) is 28.0 Å². The zero-order chi connectivity index (χ0) is 22.5. The number of imidazole rings is 1. The summed E-state index contributed by atoms with van der Waals surface area (Å²) in [6, 6.07) is 16.6. The molecule has 5 rings (SSSR count). The van der Waals surface area contributed by atoms with Crippen LogP contribution in [0, 0.1) is 6.92 Å². The topological polar surface area (TPSA) is 59.4 Å². The van der Waals surface area contributed by atoms with Crippen molar-refractivity contribution < 1.29 is 17.9 Å². The van der Waals surface area contributed by atoms with E-state index in [4.69, 9.17) is 0 Å². The Bertz CT molecular complexity index is 1520. The number of ether oxygens (including phenoxy) is 1. The van der Waals surface area contributed by atoms with Gasteiger partial charge in [0.25, 0.3) is 0 Å². The minimum absolute atomic E-state index is 0.0479. The second kappa shape index (κ2) is 7.26. The van der Waals surface area contributed by atoms with Crippen molar-refractivity contribution in [3.63, 3.8) is 0 Å². The molecule has 0 aliphatic rings. The van der Waals surface area contributed by atoms with E-state index in [2.05, 4.69) is 14.7 Å². The van der Waals surface area contributed by atoms with E-state index in [-0.39, 0.29) is 11.2 Å². The Labute approximate surface area is 179 Å². The van der Waals surface area contributed by atoms with Crippen LogP contribution in [0.15, 0.2) is 77.9 Å². The molecule has 0 atom stereocenters. The highest BCUT2D eigenvalue weighted by Crippen LogP contribution is 2.28. The van der Waals surface area contributed by atoms with Gasteiger partial charge in [0.15, 0.2) is 5.43 Å². The first-order chi connectivity index (χ1) is 15.3. The molecule has 0 bridgehead atoms. The van der Waals surface area contributed by atoms with Gasteiger partial charge < -0.3 is 14.1 Å². The van der Waals surface area contributed by atoms with Gasteiger partial charge in [0, 0.05) is 28.9 Å². The summed E-state index contributed by atoms with van der Waals surface area (Å²) in [5.41, 5.74) is 4.73. The van der Waals surface area contributed by atoms with Crippen LogP contribution in [-0.4, -0.2) is 20.7 Å². The van der Waals surface area contributed by atoms with Gasteiger partial charge in [-0.3, -0.25) is 4.79 Å². The molecule has 0 fully saturated rings. The van der Waals surface area contributed by atoms with Gasteiger partial charge in [0.2, 0.25) is 0 Å². The van der Waals surface area contributed by atoms with E-state index in [1.807, 2.05) is 47.1 Å². The van der Waals surface area contributed by atoms with Crippen LogP contribution in [0.5, 0.6) is 5.75 Å². The number of hydrogen-bond acceptors (Lipinski definition) is 3. The standard InChI is InChI=1S/C24H16F3N3O2/c1-14-22(29-19-5-3-2-4-18(19)23(14)31)20-13-30-12-16(8-11-21(30)28-20)15-6-9-17(10-7-15)32-24(25,26)27/h2-13H,1H3,(H,29,31). The normalized spacial score (nSPS) is 11.9. The van der Waals surface area contributed by atoms with Crippen LogP contribution in [0.2, 0.25) is 0 Å². The van der Waals surface area contributed by atoms with Gasteiger partial charge in [-0.15, -0.1) is 13.2 Å². The van der Waals surface area contributed by atoms with E-state index in [1.165, 1.54) is 12.1 Å². The number of aromatic amines is 1. The molecule has 32 heavy (non-hydrogen) atoms. The van der Waals surface area contributed by atoms with Gasteiger partial charge in [0.05, 0.1) is 5.69 Å². The first kappa shape index (κ1) is 19.9. The van der Waals surface area contributed by atoms with Crippen molar-refractivity contribution in [2.24, 2.45) is 0 Å². The molecule has 3 heterocycles. The maximum atomic E-state index is 12.8. The summed E-state index contributed by atoms with van der Waals surface area (Å²) in [7, 11) is 0. The van der Waals surface area contributed by atoms with E-state index < -0.39 is 6.36 Å². The van der Waals surface area contributed by atoms with E-state index >= 15 is 0 Å². The number of benzene rings is 2. The zero-order valence-corrected chi connectivity index (χ0v) is 16.8. The van der Waals surface area contributed by atoms with Crippen molar-refractivity contribution in [2.45, 2.75) is 13.3 Å². The Hall–Kier alpha value is -4.07. The highest BCUT2D eigenvalue weighted by molar-refractivity contribution is 5.82. The number of alkyl halides is 3. The number of H-pyrrole nitrogens is 1. The molecule has 0 unspecified atom stereocenters. The van der Waals surface area contributed by atoms with Crippen molar-refractivity contribution in [3.8, 4) is 28.3 Å². The summed E-state index contributed by atoms with van der Waals surface area (Å²) in [5.74, 6) is -0.275. The summed E-state index contributed by atoms with van der Waals surface area (Å²) in [5, 5.41) is 0.623. The van der Waals surface area contributed by atoms with Crippen molar-refractivity contribution in [3.05, 3.63) is 88.8 Å². The number of fused-ring (bicyclic) bond motifs is 2. The predicted molar refractivity (Wildman–Crippen MR) is 116 cm³/mol. The molecule has 0 radical (unpaired) electrons. The number of hydrogen-bond donors (Lipinski definition) is 1. The van der Waals surface area contributed by atoms with Crippen LogP contribution >= 0.6 is 0 Å². The highest BCUT2D eigenvalue weighted by Gasteiger charge is 2.31. The lowest BCUT2D eigenvalue weighted by molar-refractivity contribution is -0.274. The Kier molecular flexibility index (Phi) is 4.51. The van der Waals surface area contributed by atoms with Crippen LogP contribution in [-0.2, 0) is 0 Å². The number of nitrogens with zero attached hydrogens (tertiary/aromatic N) is 2. The summed E-state index contributed by atoms with van der Waals surface area (Å²) < 4.78 is 42.8. The average molecular weight is 435 g/mol. The third kappa shape index (κ3) is 3.60. The second-order valence-corrected chi connectivity index (χ2v) is 7.38. The second-order valence-electron chi connectivity index (χ2n) is 7.38. The Morgan fingerprint density at radius 3 is 2.41 bits per heavy atom. The lowest BCUT2D eigenvalue weighted by atomic mass is 10.1. The Morgan fingerprint density at radius 2 is 1.66 bits per heavy atom. The van der Waals surface area contributed by atoms with Crippen molar-refractivity contribution >= 4 is 16.6 Å². The summed E-state index contributed by atoms with van der Waals surface area (Å²) in [6.07, 6.45) is -1.08. The molecule has 5 nitrogen and oxygen atoms in total. The Morgan fingerprint density at radius 1 is 0.938 bits per heavy atom. The van der Waals surface area contributed by atoms with Gasteiger partial charge in [0.1, 0.15) is 17.1 Å². The average Bonchev–Trinajstić information content (AvgIpc) is 3.19. The zero-order valence-electron chi connectivity index (χ0n) is 16.8. The van der Waals surface area contributed by atoms with Crippen LogP contribution in [0.4, 0.5) is 13.2 Å². The maximum Gasteiger partial charge on any atom is 0.573 e. The fraction of sp³-hybridized carbons (Fsp3) is 0.0833. The molecular weight excluding hydrogens is 419 g/mol. The smallest absolute Gasteiger partial charge is 0.406 e. The van der Waals surface area contributed by atoms with Crippen LogP contribution < -0.4 is 10.2 Å². The van der Waals surface area contributed by atoms with Crippen LogP contribution in [0.25, 0.3) is 39.1 Å². The molecule has 0 aliphatic carbocycles. The monoisotopic (exact) mass is 435 g/mol. The summed E-state index contributed by atoms with van der Waals surface area (Å²) >= 11 is 0. The molecule has 3 aromatic heterocycles. The van der Waals surface area contributed by atoms with E-state index in [9.17, 15) is 18.0 Å². The molecule has 0 saturated heterocycles. The molecule has 5 aromatic rings. The lowest BCUT2D eigenvalue weighted by Gasteiger charge is -2.09. The van der Waals surface area contributed by atoms with Gasteiger partial charge in [-0.2, -0.15) is 0 Å². The van der Waals surface area contributed by atoms with E-state index in [1.54, 1.807) is 25.1 Å². The molecule has 8 heteroatoms. The fourth-order valence-electron chi connectivity index (χ4n) is 3.72. The maximum absolute atomic E-state index is 12.8. The number of rotatable bonds is 3. The predicted octanol–water partition coefficient (Wildman–Crippen LogP) is 5.72. The highest BCUT2D eigenvalue weighted by atomic mass is 19.4. The minimum Gasteiger partial charge on any atom is -0.406 e. The molecule has 0 amide bonds. The van der Waals surface area contributed by atoms with Crippen LogP contribution in [0.1, 0.15) is 5.56 Å². The van der Waals surface area contributed by atoms with E-state index in [0.717, 1.165) is 16.6 Å². The van der Waals surface area contributed by atoms with Gasteiger partial charge in [-0.1, -0.05) is 24.3 Å². The number of para-hydroxylation sites is 1. The summed E-state index contributed by atoms with van der Waals surface area (Å²) in [6.45, 7) is 1.76. The lowest BCUT2D eigenvalue weighted by Crippen LogP contribution is -2.16. The first-order valence-electron chi connectivity index (χ1n) is 9.75. The molecule has 0 aliphatic heterocycles. The first-order valence-corrected chi connectivity index (χ1v) is 9.75. The van der Waals surface area contributed by atoms with Crippen LogP contribution in [0.3, 0.4) is 0 Å². The largest absolute Gasteiger partial charge is 0.573 e.